The number of aromatic nitrogens is 1. The van der Waals surface area contributed by atoms with E-state index in [0.717, 1.165) is 69.7 Å². The number of esters is 1. The number of amides is 2. The van der Waals surface area contributed by atoms with E-state index in [1.54, 1.807) is 19.9 Å². The molecule has 2 aromatic rings. The second kappa shape index (κ2) is 9.42. The van der Waals surface area contributed by atoms with E-state index in [2.05, 4.69) is 0 Å². The third-order valence-electron chi connectivity index (χ3n) is 5.85. The van der Waals surface area contributed by atoms with Crippen LogP contribution in [0, 0.1) is 13.8 Å². The predicted molar refractivity (Wildman–Crippen MR) is 131 cm³/mol. The van der Waals surface area contributed by atoms with E-state index in [9.17, 15) is 24.3 Å². The van der Waals surface area contributed by atoms with Crippen LogP contribution in [0.3, 0.4) is 0 Å². The Morgan fingerprint density at radius 1 is 1.21 bits per heavy atom. The van der Waals surface area contributed by atoms with Crippen molar-refractivity contribution in [3.63, 3.8) is 0 Å². The lowest BCUT2D eigenvalue weighted by Gasteiger charge is -2.13. The molecule has 10 heteroatoms. The van der Waals surface area contributed by atoms with E-state index < -0.39 is 29.6 Å². The van der Waals surface area contributed by atoms with Crippen LogP contribution in [0.15, 0.2) is 11.0 Å². The molecule has 1 aliphatic carbocycles. The lowest BCUT2D eigenvalue weighted by Crippen LogP contribution is -2.35. The Kier molecular flexibility index (Phi) is 6.73. The molecule has 34 heavy (non-hydrogen) atoms. The number of aromatic carboxylic acids is 1. The van der Waals surface area contributed by atoms with E-state index in [1.165, 1.54) is 11.3 Å². The molecule has 0 atom stereocenters. The number of fused-ring (bicyclic) bond motifs is 1. The molecule has 4 rings (SSSR count). The van der Waals surface area contributed by atoms with Crippen molar-refractivity contribution in [1.29, 1.82) is 0 Å². The monoisotopic (exact) mass is 502 g/mol. The van der Waals surface area contributed by atoms with Crippen LogP contribution in [0.5, 0.6) is 0 Å². The van der Waals surface area contributed by atoms with E-state index in [-0.39, 0.29) is 11.0 Å². The van der Waals surface area contributed by atoms with Crippen LogP contribution in [0.4, 0.5) is 4.79 Å². The van der Waals surface area contributed by atoms with Crippen molar-refractivity contribution in [2.24, 2.45) is 0 Å². The molecule has 0 unspecified atom stereocenters. The number of carbonyl (C=O) groups excluding carboxylic acids is 3. The van der Waals surface area contributed by atoms with Gasteiger partial charge in [0, 0.05) is 16.3 Å². The maximum absolute atomic E-state index is 12.8. The number of aryl methyl sites for hydroxylation is 2. The van der Waals surface area contributed by atoms with Gasteiger partial charge in [-0.15, -0.1) is 11.3 Å². The maximum Gasteiger partial charge on any atom is 0.339 e. The SMILES string of the molecule is Cc1cc(/C=C2/SC(=O)N(CC(=O)OC(C)C)C2=O)c(C)n1-c1sc2c(c1C(=O)O)CCCC2. The summed E-state index contributed by atoms with van der Waals surface area (Å²) in [6.07, 6.45) is 4.99. The van der Waals surface area contributed by atoms with Crippen LogP contribution in [0.2, 0.25) is 0 Å². The van der Waals surface area contributed by atoms with Gasteiger partial charge in [-0.2, -0.15) is 0 Å². The average Bonchev–Trinajstić information content (AvgIpc) is 3.34. The molecule has 2 aromatic heterocycles. The molecule has 2 aliphatic rings. The first-order chi connectivity index (χ1) is 16.1. The number of ether oxygens (including phenoxy) is 1. The number of imide groups is 1. The molecule has 1 aliphatic heterocycles. The highest BCUT2D eigenvalue weighted by atomic mass is 32.2. The summed E-state index contributed by atoms with van der Waals surface area (Å²) in [5, 5.41) is 10.1. The number of nitrogens with zero attached hydrogens (tertiary/aromatic N) is 2. The summed E-state index contributed by atoms with van der Waals surface area (Å²) in [6.45, 7) is 6.72. The van der Waals surface area contributed by atoms with Crippen LogP contribution >= 0.6 is 23.1 Å². The summed E-state index contributed by atoms with van der Waals surface area (Å²) in [4.78, 5) is 51.5. The first kappa shape index (κ1) is 24.3. The summed E-state index contributed by atoms with van der Waals surface area (Å²) in [6, 6.07) is 1.88. The number of rotatable bonds is 6. The number of carboxylic acid groups (broad SMARTS) is 1. The smallest absolute Gasteiger partial charge is 0.339 e. The second-order valence-electron chi connectivity index (χ2n) is 8.66. The number of thiophene rings is 1. The third-order valence-corrected chi connectivity index (χ3v) is 8.04. The lowest BCUT2D eigenvalue weighted by atomic mass is 9.95. The van der Waals surface area contributed by atoms with Crippen molar-refractivity contribution in [1.82, 2.24) is 9.47 Å². The van der Waals surface area contributed by atoms with E-state index in [4.69, 9.17) is 4.74 Å². The van der Waals surface area contributed by atoms with Gasteiger partial charge in [0.2, 0.25) is 0 Å². The Hall–Kier alpha value is -2.85. The lowest BCUT2D eigenvalue weighted by molar-refractivity contribution is -0.149. The van der Waals surface area contributed by atoms with Crippen molar-refractivity contribution >= 4 is 52.3 Å². The molecule has 3 heterocycles. The fraction of sp³-hybridized carbons (Fsp3) is 0.417. The summed E-state index contributed by atoms with van der Waals surface area (Å²) >= 11 is 2.29. The molecule has 0 spiro atoms. The van der Waals surface area contributed by atoms with Crippen LogP contribution < -0.4 is 0 Å². The number of carboxylic acids is 1. The van der Waals surface area contributed by atoms with Gasteiger partial charge >= 0.3 is 11.9 Å². The summed E-state index contributed by atoms with van der Waals surface area (Å²) in [5.41, 5.74) is 3.63. The topological polar surface area (TPSA) is 106 Å². The zero-order valence-electron chi connectivity index (χ0n) is 19.5. The summed E-state index contributed by atoms with van der Waals surface area (Å²) in [7, 11) is 0. The van der Waals surface area contributed by atoms with Crippen LogP contribution in [-0.2, 0) is 27.2 Å². The first-order valence-electron chi connectivity index (χ1n) is 11.1. The Morgan fingerprint density at radius 3 is 2.59 bits per heavy atom. The molecule has 180 valence electrons. The van der Waals surface area contributed by atoms with E-state index in [1.807, 2.05) is 24.5 Å². The first-order valence-corrected chi connectivity index (χ1v) is 12.7. The van der Waals surface area contributed by atoms with Gasteiger partial charge in [-0.3, -0.25) is 19.3 Å². The highest BCUT2D eigenvalue weighted by molar-refractivity contribution is 8.18. The highest BCUT2D eigenvalue weighted by Gasteiger charge is 2.37. The van der Waals surface area contributed by atoms with Gasteiger partial charge in [-0.25, -0.2) is 4.79 Å². The molecule has 0 aromatic carbocycles. The molecule has 0 bridgehead atoms. The summed E-state index contributed by atoms with van der Waals surface area (Å²) in [5.74, 6) is -2.12. The predicted octanol–water partition coefficient (Wildman–Crippen LogP) is 4.72. The Balaban J connectivity index is 1.67. The Morgan fingerprint density at radius 2 is 1.91 bits per heavy atom. The number of thioether (sulfide) groups is 1. The van der Waals surface area contributed by atoms with Gasteiger partial charge in [0.25, 0.3) is 11.1 Å². The van der Waals surface area contributed by atoms with Gasteiger partial charge in [0.1, 0.15) is 11.5 Å². The van der Waals surface area contributed by atoms with Crippen LogP contribution in [0.1, 0.15) is 64.4 Å². The standard InChI is InChI=1S/C24H26N2O6S2/c1-12(2)32-19(27)11-25-21(28)18(34-24(25)31)10-15-9-13(3)26(14(15)4)22-20(23(29)30)16-7-5-6-8-17(16)33-22/h9-10,12H,5-8,11H2,1-4H3,(H,29,30)/b18-10+. The third kappa shape index (κ3) is 4.44. The zero-order valence-corrected chi connectivity index (χ0v) is 21.1. The van der Waals surface area contributed by atoms with Gasteiger partial charge in [-0.05, 0) is 88.4 Å². The molecule has 0 saturated carbocycles. The summed E-state index contributed by atoms with van der Waals surface area (Å²) < 4.78 is 6.97. The van der Waals surface area contributed by atoms with Crippen molar-refractivity contribution in [3.05, 3.63) is 43.9 Å². The van der Waals surface area contributed by atoms with Gasteiger partial charge in [0.05, 0.1) is 16.6 Å². The zero-order chi connectivity index (χ0) is 24.7. The van der Waals surface area contributed by atoms with Crippen molar-refractivity contribution < 1.29 is 29.0 Å². The Labute approximate surface area is 205 Å². The second-order valence-corrected chi connectivity index (χ2v) is 10.7. The minimum absolute atomic E-state index is 0.214. The normalized spacial score (nSPS) is 17.1. The molecule has 1 fully saturated rings. The van der Waals surface area contributed by atoms with Crippen molar-refractivity contribution in [2.75, 3.05) is 6.54 Å². The van der Waals surface area contributed by atoms with Gasteiger partial charge < -0.3 is 14.4 Å². The quantitative estimate of drug-likeness (QED) is 0.450. The number of hydrogen-bond acceptors (Lipinski definition) is 7. The van der Waals surface area contributed by atoms with Crippen molar-refractivity contribution in [2.45, 2.75) is 59.5 Å². The molecule has 1 N–H and O–H groups in total. The fourth-order valence-electron chi connectivity index (χ4n) is 4.38. The molecule has 8 nitrogen and oxygen atoms in total. The maximum atomic E-state index is 12.8. The minimum Gasteiger partial charge on any atom is -0.478 e. The van der Waals surface area contributed by atoms with E-state index >= 15 is 0 Å². The van der Waals surface area contributed by atoms with Gasteiger partial charge in [0.15, 0.2) is 0 Å². The molecular weight excluding hydrogens is 476 g/mol. The molecule has 1 saturated heterocycles. The minimum atomic E-state index is -0.933. The van der Waals surface area contributed by atoms with Gasteiger partial charge in [-0.1, -0.05) is 0 Å². The highest BCUT2D eigenvalue weighted by Crippen LogP contribution is 2.39. The molecule has 2 amide bonds. The largest absolute Gasteiger partial charge is 0.478 e. The number of carbonyl (C=O) groups is 4. The average molecular weight is 503 g/mol. The molecular formula is C24H26N2O6S2. The van der Waals surface area contributed by atoms with E-state index in [0.29, 0.717) is 10.6 Å². The van der Waals surface area contributed by atoms with Crippen LogP contribution in [0.25, 0.3) is 11.1 Å². The van der Waals surface area contributed by atoms with Crippen molar-refractivity contribution in [3.8, 4) is 5.00 Å². The van der Waals surface area contributed by atoms with Crippen LogP contribution in [-0.4, -0.2) is 50.3 Å². The number of hydrogen-bond donors (Lipinski definition) is 1. The molecule has 0 radical (unpaired) electrons. The fourth-order valence-corrected chi connectivity index (χ4v) is 6.70. The Bertz CT molecular complexity index is 1240.